The number of benzene rings is 1. The van der Waals surface area contributed by atoms with E-state index in [1.807, 2.05) is 18.2 Å². The molecule has 2 heteroatoms. The Hall–Kier alpha value is -1.31. The van der Waals surface area contributed by atoms with Gasteiger partial charge in [0, 0.05) is 12.5 Å². The number of carbonyl (C=O) groups excluding carboxylic acids is 1. The van der Waals surface area contributed by atoms with Gasteiger partial charge in [-0.3, -0.25) is 4.79 Å². The number of carbonyl (C=O) groups is 1. The highest BCUT2D eigenvalue weighted by atomic mass is 16.2. The highest BCUT2D eigenvalue weighted by molar-refractivity contribution is 5.82. The van der Waals surface area contributed by atoms with Crippen LogP contribution in [0.1, 0.15) is 31.2 Å². The first-order valence-corrected chi connectivity index (χ1v) is 6.68. The Morgan fingerprint density at radius 3 is 2.41 bits per heavy atom. The van der Waals surface area contributed by atoms with Gasteiger partial charge in [0.15, 0.2) is 0 Å². The molecule has 2 nitrogen and oxygen atoms in total. The highest BCUT2D eigenvalue weighted by Crippen LogP contribution is 2.55. The lowest BCUT2D eigenvalue weighted by Gasteiger charge is -2.04. The second-order valence-electron chi connectivity index (χ2n) is 5.34. The van der Waals surface area contributed by atoms with Crippen LogP contribution in [-0.4, -0.2) is 5.91 Å². The van der Waals surface area contributed by atoms with E-state index in [1.165, 1.54) is 31.2 Å². The van der Waals surface area contributed by atoms with Crippen molar-refractivity contribution in [3.63, 3.8) is 0 Å². The number of hydrogen-bond acceptors (Lipinski definition) is 1. The Labute approximate surface area is 102 Å². The van der Waals surface area contributed by atoms with Crippen molar-refractivity contribution >= 4 is 5.91 Å². The molecule has 0 spiro atoms. The predicted molar refractivity (Wildman–Crippen MR) is 67.2 cm³/mol. The molecule has 0 aromatic heterocycles. The molecule has 2 fully saturated rings. The van der Waals surface area contributed by atoms with E-state index >= 15 is 0 Å². The molecule has 1 amide bonds. The molecule has 0 saturated heterocycles. The zero-order valence-electron chi connectivity index (χ0n) is 10.1. The normalized spacial score (nSPS) is 30.5. The van der Waals surface area contributed by atoms with E-state index in [1.54, 1.807) is 0 Å². The zero-order chi connectivity index (χ0) is 11.7. The van der Waals surface area contributed by atoms with Gasteiger partial charge >= 0.3 is 0 Å². The van der Waals surface area contributed by atoms with Crippen molar-refractivity contribution < 1.29 is 4.79 Å². The first kappa shape index (κ1) is 10.8. The third-order valence-electron chi connectivity index (χ3n) is 4.27. The zero-order valence-corrected chi connectivity index (χ0v) is 10.1. The third-order valence-corrected chi connectivity index (χ3v) is 4.27. The van der Waals surface area contributed by atoms with Crippen LogP contribution < -0.4 is 5.32 Å². The summed E-state index contributed by atoms with van der Waals surface area (Å²) in [6.45, 7) is 0.676. The molecule has 2 aliphatic rings. The first-order valence-electron chi connectivity index (χ1n) is 6.68. The molecule has 1 aromatic rings. The number of fused-ring (bicyclic) bond motifs is 1. The number of rotatable bonds is 3. The Morgan fingerprint density at radius 1 is 1.12 bits per heavy atom. The highest BCUT2D eigenvalue weighted by Gasteiger charge is 2.54. The molecule has 90 valence electrons. The van der Waals surface area contributed by atoms with E-state index in [0.29, 0.717) is 24.3 Å². The Bertz CT molecular complexity index is 389. The molecule has 17 heavy (non-hydrogen) atoms. The maximum absolute atomic E-state index is 12.0. The van der Waals surface area contributed by atoms with Crippen LogP contribution in [0.15, 0.2) is 30.3 Å². The minimum atomic E-state index is 0.283. The molecule has 3 rings (SSSR count). The van der Waals surface area contributed by atoms with Crippen LogP contribution in [0.3, 0.4) is 0 Å². The second-order valence-corrected chi connectivity index (χ2v) is 5.34. The van der Waals surface area contributed by atoms with Gasteiger partial charge in [0.05, 0.1) is 0 Å². The van der Waals surface area contributed by atoms with Crippen LogP contribution in [0.2, 0.25) is 0 Å². The van der Waals surface area contributed by atoms with E-state index in [9.17, 15) is 4.79 Å². The molecule has 0 aliphatic heterocycles. The molecule has 0 bridgehead atoms. The topological polar surface area (TPSA) is 29.1 Å². The van der Waals surface area contributed by atoms with E-state index < -0.39 is 0 Å². The molecule has 2 saturated carbocycles. The average molecular weight is 229 g/mol. The summed E-state index contributed by atoms with van der Waals surface area (Å²) in [4.78, 5) is 12.0. The van der Waals surface area contributed by atoms with E-state index in [-0.39, 0.29) is 5.91 Å². The second kappa shape index (κ2) is 4.52. The molecule has 2 unspecified atom stereocenters. The van der Waals surface area contributed by atoms with Gasteiger partial charge in [0.25, 0.3) is 0 Å². The van der Waals surface area contributed by atoms with Crippen LogP contribution in [0.5, 0.6) is 0 Å². The monoisotopic (exact) mass is 229 g/mol. The van der Waals surface area contributed by atoms with Crippen molar-refractivity contribution in [3.8, 4) is 0 Å². The fourth-order valence-corrected chi connectivity index (χ4v) is 3.28. The summed E-state index contributed by atoms with van der Waals surface area (Å²) >= 11 is 0. The van der Waals surface area contributed by atoms with Crippen LogP contribution >= 0.6 is 0 Å². The van der Waals surface area contributed by atoms with Crippen molar-refractivity contribution in [2.24, 2.45) is 17.8 Å². The summed E-state index contributed by atoms with van der Waals surface area (Å²) in [7, 11) is 0. The van der Waals surface area contributed by atoms with Crippen LogP contribution in [0.25, 0.3) is 0 Å². The number of nitrogens with one attached hydrogen (secondary N) is 1. The molecule has 0 heterocycles. The molecule has 1 aromatic carbocycles. The summed E-state index contributed by atoms with van der Waals surface area (Å²) in [5.74, 6) is 2.03. The van der Waals surface area contributed by atoms with E-state index in [0.717, 1.165) is 0 Å². The SMILES string of the molecule is O=C(NCc1ccccc1)C1C2CCCCC21. The molecule has 2 aliphatic carbocycles. The van der Waals surface area contributed by atoms with Crippen LogP contribution in [-0.2, 0) is 11.3 Å². The molecular formula is C15H19NO. The van der Waals surface area contributed by atoms with Crippen molar-refractivity contribution in [2.45, 2.75) is 32.2 Å². The van der Waals surface area contributed by atoms with Crippen molar-refractivity contribution in [1.29, 1.82) is 0 Å². The summed E-state index contributed by atoms with van der Waals surface area (Å²) < 4.78 is 0. The van der Waals surface area contributed by atoms with Crippen LogP contribution in [0, 0.1) is 17.8 Å². The van der Waals surface area contributed by atoms with Gasteiger partial charge in [0.1, 0.15) is 0 Å². The average Bonchev–Trinajstić information content (AvgIpc) is 3.11. The fourth-order valence-electron chi connectivity index (χ4n) is 3.28. The van der Waals surface area contributed by atoms with Gasteiger partial charge in [-0.05, 0) is 30.2 Å². The summed E-state index contributed by atoms with van der Waals surface area (Å²) in [5, 5.41) is 3.08. The summed E-state index contributed by atoms with van der Waals surface area (Å²) in [5.41, 5.74) is 1.18. The lowest BCUT2D eigenvalue weighted by atomic mass is 10.0. The summed E-state index contributed by atoms with van der Waals surface area (Å²) in [6, 6.07) is 10.1. The molecule has 1 N–H and O–H groups in total. The van der Waals surface area contributed by atoms with Crippen molar-refractivity contribution in [2.75, 3.05) is 0 Å². The van der Waals surface area contributed by atoms with Gasteiger partial charge in [-0.15, -0.1) is 0 Å². The van der Waals surface area contributed by atoms with Crippen molar-refractivity contribution in [3.05, 3.63) is 35.9 Å². The molecule has 0 radical (unpaired) electrons. The van der Waals surface area contributed by atoms with Crippen LogP contribution in [0.4, 0.5) is 0 Å². The van der Waals surface area contributed by atoms with E-state index in [4.69, 9.17) is 0 Å². The van der Waals surface area contributed by atoms with E-state index in [2.05, 4.69) is 17.4 Å². The Morgan fingerprint density at radius 2 is 1.76 bits per heavy atom. The maximum Gasteiger partial charge on any atom is 0.223 e. The Balaban J connectivity index is 1.51. The van der Waals surface area contributed by atoms with Gasteiger partial charge in [-0.25, -0.2) is 0 Å². The Kier molecular flexibility index (Phi) is 2.87. The molecule has 2 atom stereocenters. The van der Waals surface area contributed by atoms with Gasteiger partial charge in [-0.1, -0.05) is 43.2 Å². The standard InChI is InChI=1S/C15H19NO/c17-15(14-12-8-4-5-9-13(12)14)16-10-11-6-2-1-3-7-11/h1-3,6-7,12-14H,4-5,8-10H2,(H,16,17). The summed E-state index contributed by atoms with van der Waals surface area (Å²) in [6.07, 6.45) is 5.19. The molecular weight excluding hydrogens is 210 g/mol. The van der Waals surface area contributed by atoms with Gasteiger partial charge in [0.2, 0.25) is 5.91 Å². The number of hydrogen-bond donors (Lipinski definition) is 1. The first-order chi connectivity index (χ1) is 8.36. The largest absolute Gasteiger partial charge is 0.352 e. The quantitative estimate of drug-likeness (QED) is 0.848. The van der Waals surface area contributed by atoms with Gasteiger partial charge in [-0.2, -0.15) is 0 Å². The minimum absolute atomic E-state index is 0.283. The smallest absolute Gasteiger partial charge is 0.223 e. The maximum atomic E-state index is 12.0. The fraction of sp³-hybridized carbons (Fsp3) is 0.533. The lowest BCUT2D eigenvalue weighted by molar-refractivity contribution is -0.123. The lowest BCUT2D eigenvalue weighted by Crippen LogP contribution is -2.25. The van der Waals surface area contributed by atoms with Gasteiger partial charge < -0.3 is 5.32 Å². The van der Waals surface area contributed by atoms with Crippen molar-refractivity contribution in [1.82, 2.24) is 5.32 Å². The third kappa shape index (κ3) is 2.21. The number of amides is 1. The minimum Gasteiger partial charge on any atom is -0.352 e. The predicted octanol–water partition coefficient (Wildman–Crippen LogP) is 2.74.